The van der Waals surface area contributed by atoms with Crippen molar-refractivity contribution in [1.29, 1.82) is 10.5 Å². The predicted octanol–water partition coefficient (Wildman–Crippen LogP) is 6.59. The standard InChI is InChI=1S/C28H24N2O2/c1-21-17-25(20-31)28(32-16-7-3-6-15-29)18-24(21)14-13-23-11-8-12-26(27(23)19-30)22-9-4-2-5-10-22/h2,4-5,8-14,17-18,20H,3,6-7,16H2,1H3/b14-13+. The minimum atomic E-state index is 0.451. The van der Waals surface area contributed by atoms with E-state index in [2.05, 4.69) is 12.1 Å². The van der Waals surface area contributed by atoms with Crippen LogP contribution in [0.3, 0.4) is 0 Å². The SMILES string of the molecule is Cc1cc(C=O)c(OCCCCC#N)cc1/C=C/c1cccc(-c2ccccc2)c1C#N. The van der Waals surface area contributed by atoms with Crippen LogP contribution in [0.15, 0.2) is 60.7 Å². The number of nitriles is 2. The average molecular weight is 421 g/mol. The van der Waals surface area contributed by atoms with Gasteiger partial charge >= 0.3 is 0 Å². The molecule has 0 fully saturated rings. The second-order valence-corrected chi connectivity index (χ2v) is 7.41. The molecule has 0 aliphatic carbocycles. The molecule has 0 atom stereocenters. The molecule has 0 spiro atoms. The van der Waals surface area contributed by atoms with E-state index in [1.807, 2.05) is 79.7 Å². The Morgan fingerprint density at radius 3 is 2.41 bits per heavy atom. The van der Waals surface area contributed by atoms with Crippen LogP contribution in [0, 0.1) is 29.6 Å². The molecule has 0 heterocycles. The first-order chi connectivity index (χ1) is 15.7. The fourth-order valence-corrected chi connectivity index (χ4v) is 3.48. The number of aldehydes is 1. The topological polar surface area (TPSA) is 73.9 Å². The largest absolute Gasteiger partial charge is 0.493 e. The number of benzene rings is 3. The van der Waals surface area contributed by atoms with E-state index in [0.717, 1.165) is 46.9 Å². The summed E-state index contributed by atoms with van der Waals surface area (Å²) in [5.41, 5.74) is 5.69. The molecule has 0 bridgehead atoms. The van der Waals surface area contributed by atoms with Crippen molar-refractivity contribution in [2.45, 2.75) is 26.2 Å². The van der Waals surface area contributed by atoms with Crippen molar-refractivity contribution < 1.29 is 9.53 Å². The molecular weight excluding hydrogens is 396 g/mol. The molecule has 0 amide bonds. The molecule has 3 rings (SSSR count). The smallest absolute Gasteiger partial charge is 0.153 e. The lowest BCUT2D eigenvalue weighted by Gasteiger charge is -2.11. The third-order valence-electron chi connectivity index (χ3n) is 5.20. The normalized spacial score (nSPS) is 10.5. The van der Waals surface area contributed by atoms with E-state index in [0.29, 0.717) is 29.9 Å². The van der Waals surface area contributed by atoms with Gasteiger partial charge in [-0.3, -0.25) is 4.79 Å². The second-order valence-electron chi connectivity index (χ2n) is 7.41. The number of nitrogens with zero attached hydrogens (tertiary/aromatic N) is 2. The molecule has 0 N–H and O–H groups in total. The van der Waals surface area contributed by atoms with Gasteiger partial charge in [0.05, 0.1) is 23.8 Å². The summed E-state index contributed by atoms with van der Waals surface area (Å²) in [4.78, 5) is 11.5. The summed E-state index contributed by atoms with van der Waals surface area (Å²) in [5, 5.41) is 18.5. The molecule has 0 aliphatic heterocycles. The molecule has 158 valence electrons. The van der Waals surface area contributed by atoms with Crippen LogP contribution >= 0.6 is 0 Å². The van der Waals surface area contributed by atoms with Gasteiger partial charge in [0.2, 0.25) is 0 Å². The van der Waals surface area contributed by atoms with Gasteiger partial charge in [-0.05, 0) is 54.2 Å². The van der Waals surface area contributed by atoms with Gasteiger partial charge in [-0.2, -0.15) is 10.5 Å². The van der Waals surface area contributed by atoms with Crippen molar-refractivity contribution in [2.24, 2.45) is 0 Å². The molecule has 32 heavy (non-hydrogen) atoms. The van der Waals surface area contributed by atoms with Crippen molar-refractivity contribution in [3.63, 3.8) is 0 Å². The fraction of sp³-hybridized carbons (Fsp3) is 0.179. The summed E-state index contributed by atoms with van der Waals surface area (Å²) < 4.78 is 5.82. The van der Waals surface area contributed by atoms with Crippen molar-refractivity contribution >= 4 is 18.4 Å². The van der Waals surface area contributed by atoms with Gasteiger partial charge in [0.25, 0.3) is 0 Å². The molecule has 0 saturated heterocycles. The molecule has 0 saturated carbocycles. The summed E-state index contributed by atoms with van der Waals surface area (Å²) in [6.07, 6.45) is 6.67. The Balaban J connectivity index is 1.89. The molecule has 0 radical (unpaired) electrons. The number of carbonyl (C=O) groups excluding carboxylic acids is 1. The Hall–Kier alpha value is -4.15. The zero-order valence-electron chi connectivity index (χ0n) is 18.0. The Morgan fingerprint density at radius 1 is 0.906 bits per heavy atom. The quantitative estimate of drug-likeness (QED) is 0.222. The summed E-state index contributed by atoms with van der Waals surface area (Å²) >= 11 is 0. The number of hydrogen-bond acceptors (Lipinski definition) is 4. The second kappa shape index (κ2) is 11.3. The minimum Gasteiger partial charge on any atom is -0.493 e. The molecule has 3 aromatic carbocycles. The number of aryl methyl sites for hydroxylation is 1. The number of unbranched alkanes of at least 4 members (excludes halogenated alkanes) is 2. The van der Waals surface area contributed by atoms with Gasteiger partial charge in [-0.25, -0.2) is 0 Å². The summed E-state index contributed by atoms with van der Waals surface area (Å²) in [7, 11) is 0. The van der Waals surface area contributed by atoms with Crippen LogP contribution in [-0.4, -0.2) is 12.9 Å². The third kappa shape index (κ3) is 5.50. The highest BCUT2D eigenvalue weighted by Gasteiger charge is 2.10. The Morgan fingerprint density at radius 2 is 1.69 bits per heavy atom. The van der Waals surface area contributed by atoms with Crippen molar-refractivity contribution in [3.8, 4) is 29.0 Å². The van der Waals surface area contributed by atoms with Crippen molar-refractivity contribution in [1.82, 2.24) is 0 Å². The van der Waals surface area contributed by atoms with Gasteiger partial charge in [0.15, 0.2) is 6.29 Å². The van der Waals surface area contributed by atoms with Crippen LogP contribution in [-0.2, 0) is 0 Å². The van der Waals surface area contributed by atoms with Gasteiger partial charge < -0.3 is 4.74 Å². The van der Waals surface area contributed by atoms with Gasteiger partial charge in [-0.15, -0.1) is 0 Å². The highest BCUT2D eigenvalue weighted by molar-refractivity contribution is 5.84. The predicted molar refractivity (Wildman–Crippen MR) is 127 cm³/mol. The van der Waals surface area contributed by atoms with Crippen LogP contribution in [0.25, 0.3) is 23.3 Å². The first-order valence-electron chi connectivity index (χ1n) is 10.5. The van der Waals surface area contributed by atoms with E-state index in [9.17, 15) is 10.1 Å². The first kappa shape index (κ1) is 22.5. The van der Waals surface area contributed by atoms with E-state index in [-0.39, 0.29) is 0 Å². The van der Waals surface area contributed by atoms with Crippen molar-refractivity contribution in [3.05, 3.63) is 88.5 Å². The van der Waals surface area contributed by atoms with E-state index >= 15 is 0 Å². The summed E-state index contributed by atoms with van der Waals surface area (Å²) in [6, 6.07) is 23.8. The number of ether oxygens (including phenoxy) is 1. The lowest BCUT2D eigenvalue weighted by molar-refractivity contribution is 0.111. The number of rotatable bonds is 9. The molecule has 0 unspecified atom stereocenters. The lowest BCUT2D eigenvalue weighted by atomic mass is 9.95. The maximum atomic E-state index is 11.5. The molecule has 0 aromatic heterocycles. The maximum absolute atomic E-state index is 11.5. The van der Waals surface area contributed by atoms with Gasteiger partial charge in [0, 0.05) is 12.0 Å². The first-order valence-corrected chi connectivity index (χ1v) is 10.5. The van der Waals surface area contributed by atoms with E-state index in [1.54, 1.807) is 0 Å². The van der Waals surface area contributed by atoms with Crippen LogP contribution in [0.5, 0.6) is 5.75 Å². The number of carbonyl (C=O) groups is 1. The Bertz CT molecular complexity index is 1200. The van der Waals surface area contributed by atoms with Crippen LogP contribution in [0.2, 0.25) is 0 Å². The highest BCUT2D eigenvalue weighted by atomic mass is 16.5. The van der Waals surface area contributed by atoms with E-state index in [4.69, 9.17) is 10.00 Å². The number of hydrogen-bond donors (Lipinski definition) is 0. The van der Waals surface area contributed by atoms with Gasteiger partial charge in [0.1, 0.15) is 11.8 Å². The zero-order valence-corrected chi connectivity index (χ0v) is 18.0. The lowest BCUT2D eigenvalue weighted by Crippen LogP contribution is -2.01. The summed E-state index contributed by atoms with van der Waals surface area (Å²) in [6.45, 7) is 2.39. The van der Waals surface area contributed by atoms with Crippen LogP contribution in [0.4, 0.5) is 0 Å². The third-order valence-corrected chi connectivity index (χ3v) is 5.20. The molecule has 0 aliphatic rings. The molecule has 3 aromatic rings. The van der Waals surface area contributed by atoms with E-state index in [1.165, 1.54) is 0 Å². The Kier molecular flexibility index (Phi) is 7.96. The summed E-state index contributed by atoms with van der Waals surface area (Å²) in [5.74, 6) is 0.528. The maximum Gasteiger partial charge on any atom is 0.153 e. The van der Waals surface area contributed by atoms with Gasteiger partial charge in [-0.1, -0.05) is 60.7 Å². The highest BCUT2D eigenvalue weighted by Crippen LogP contribution is 2.28. The Labute approximate surface area is 189 Å². The monoisotopic (exact) mass is 420 g/mol. The fourth-order valence-electron chi connectivity index (χ4n) is 3.48. The zero-order chi connectivity index (χ0) is 22.8. The molecular formula is C28H24N2O2. The van der Waals surface area contributed by atoms with Crippen LogP contribution < -0.4 is 4.74 Å². The average Bonchev–Trinajstić information content (AvgIpc) is 2.83. The van der Waals surface area contributed by atoms with Crippen LogP contribution in [0.1, 0.15) is 51.9 Å². The molecule has 4 nitrogen and oxygen atoms in total. The van der Waals surface area contributed by atoms with E-state index < -0.39 is 0 Å². The van der Waals surface area contributed by atoms with Crippen molar-refractivity contribution in [2.75, 3.05) is 6.61 Å². The minimum absolute atomic E-state index is 0.451. The molecule has 4 heteroatoms.